The van der Waals surface area contributed by atoms with E-state index in [0.717, 1.165) is 32.4 Å². The van der Waals surface area contributed by atoms with E-state index < -0.39 is 0 Å². The summed E-state index contributed by atoms with van der Waals surface area (Å²) in [5.41, 5.74) is 4.80. The summed E-state index contributed by atoms with van der Waals surface area (Å²) in [7, 11) is 3.24. The number of thiazole rings is 1. The van der Waals surface area contributed by atoms with E-state index in [1.54, 1.807) is 31.8 Å². The molecule has 0 bridgehead atoms. The lowest BCUT2D eigenvalue weighted by atomic mass is 10.2. The smallest absolute Gasteiger partial charge is 0.204 e. The average molecular weight is 313 g/mol. The number of methoxy groups -OCH3 is 2. The zero-order chi connectivity index (χ0) is 15.4. The first-order chi connectivity index (χ1) is 10.8. The van der Waals surface area contributed by atoms with Gasteiger partial charge in [-0.15, -0.1) is 0 Å². The van der Waals surface area contributed by atoms with E-state index >= 15 is 0 Å². The molecule has 3 aromatic rings. The van der Waals surface area contributed by atoms with Crippen molar-refractivity contribution in [1.29, 1.82) is 0 Å². The van der Waals surface area contributed by atoms with Gasteiger partial charge in [0.1, 0.15) is 11.5 Å². The molecule has 0 aliphatic heterocycles. The van der Waals surface area contributed by atoms with E-state index in [9.17, 15) is 0 Å². The van der Waals surface area contributed by atoms with Gasteiger partial charge in [-0.25, -0.2) is 4.98 Å². The van der Waals surface area contributed by atoms with E-state index in [0.29, 0.717) is 0 Å². The molecule has 1 heterocycles. The van der Waals surface area contributed by atoms with Crippen molar-refractivity contribution in [2.24, 2.45) is 5.10 Å². The first-order valence-electron chi connectivity index (χ1n) is 6.66. The monoisotopic (exact) mass is 313 g/mol. The molecule has 0 saturated carbocycles. The van der Waals surface area contributed by atoms with Crippen LogP contribution in [0.1, 0.15) is 5.56 Å². The average Bonchev–Trinajstić information content (AvgIpc) is 2.97. The first-order valence-corrected chi connectivity index (χ1v) is 7.48. The summed E-state index contributed by atoms with van der Waals surface area (Å²) in [4.78, 5) is 4.46. The van der Waals surface area contributed by atoms with Gasteiger partial charge in [0.05, 0.1) is 30.7 Å². The van der Waals surface area contributed by atoms with Gasteiger partial charge in [-0.05, 0) is 24.3 Å². The van der Waals surface area contributed by atoms with Crippen LogP contribution in [0.3, 0.4) is 0 Å². The molecule has 0 atom stereocenters. The molecule has 0 spiro atoms. The lowest BCUT2D eigenvalue weighted by Crippen LogP contribution is -1.93. The highest BCUT2D eigenvalue weighted by Crippen LogP contribution is 2.25. The van der Waals surface area contributed by atoms with E-state index in [1.165, 1.54) is 0 Å². The molecule has 1 N–H and O–H groups in total. The van der Waals surface area contributed by atoms with Gasteiger partial charge in [0.25, 0.3) is 0 Å². The number of para-hydroxylation sites is 1. The van der Waals surface area contributed by atoms with Crippen molar-refractivity contribution >= 4 is 32.9 Å². The minimum Gasteiger partial charge on any atom is -0.497 e. The molecule has 0 aliphatic rings. The number of hydrogen-bond donors (Lipinski definition) is 1. The quantitative estimate of drug-likeness (QED) is 0.575. The largest absolute Gasteiger partial charge is 0.497 e. The number of fused-ring (bicyclic) bond motifs is 1. The summed E-state index contributed by atoms with van der Waals surface area (Å²) in [6.45, 7) is 0. The van der Waals surface area contributed by atoms with Gasteiger partial charge in [0, 0.05) is 11.6 Å². The van der Waals surface area contributed by atoms with E-state index in [1.807, 2.05) is 42.5 Å². The molecule has 1 aromatic heterocycles. The molecule has 0 unspecified atom stereocenters. The van der Waals surface area contributed by atoms with Gasteiger partial charge in [0.2, 0.25) is 5.13 Å². The molecule has 22 heavy (non-hydrogen) atoms. The van der Waals surface area contributed by atoms with Crippen molar-refractivity contribution in [1.82, 2.24) is 4.98 Å². The molecule has 0 saturated heterocycles. The van der Waals surface area contributed by atoms with E-state index in [4.69, 9.17) is 9.47 Å². The summed E-state index contributed by atoms with van der Waals surface area (Å²) in [6.07, 6.45) is 1.71. The van der Waals surface area contributed by atoms with Crippen LogP contribution in [0.2, 0.25) is 0 Å². The van der Waals surface area contributed by atoms with Gasteiger partial charge in [0.15, 0.2) is 0 Å². The molecule has 0 radical (unpaired) electrons. The molecule has 6 heteroatoms. The van der Waals surface area contributed by atoms with Gasteiger partial charge in [-0.2, -0.15) is 5.10 Å². The second-order valence-corrected chi connectivity index (χ2v) is 5.53. The first kappa shape index (κ1) is 14.3. The fourth-order valence-electron chi connectivity index (χ4n) is 1.99. The second-order valence-electron chi connectivity index (χ2n) is 4.50. The molecular formula is C16H15N3O2S. The summed E-state index contributed by atoms with van der Waals surface area (Å²) >= 11 is 1.56. The Morgan fingerprint density at radius 2 is 1.82 bits per heavy atom. The molecule has 5 nitrogen and oxygen atoms in total. The van der Waals surface area contributed by atoms with E-state index in [2.05, 4.69) is 15.5 Å². The Bertz CT molecular complexity index is 759. The van der Waals surface area contributed by atoms with Crippen LogP contribution >= 0.6 is 11.3 Å². The molecule has 112 valence electrons. The maximum absolute atomic E-state index is 5.23. The number of hydrazone groups is 1. The molecule has 0 aliphatic carbocycles. The van der Waals surface area contributed by atoms with Crippen LogP contribution in [-0.4, -0.2) is 25.4 Å². The number of hydrogen-bond acceptors (Lipinski definition) is 6. The minimum atomic E-state index is 0.723. The Balaban J connectivity index is 1.76. The lowest BCUT2D eigenvalue weighted by Gasteiger charge is -2.05. The van der Waals surface area contributed by atoms with Gasteiger partial charge < -0.3 is 9.47 Å². The van der Waals surface area contributed by atoms with Gasteiger partial charge >= 0.3 is 0 Å². The fourth-order valence-corrected chi connectivity index (χ4v) is 2.80. The number of anilines is 1. The van der Waals surface area contributed by atoms with E-state index in [-0.39, 0.29) is 0 Å². The minimum absolute atomic E-state index is 0.723. The summed E-state index contributed by atoms with van der Waals surface area (Å²) < 4.78 is 11.6. The van der Waals surface area contributed by atoms with Crippen molar-refractivity contribution in [2.45, 2.75) is 0 Å². The highest BCUT2D eigenvalue weighted by Gasteiger charge is 2.02. The normalized spacial score (nSPS) is 11.0. The number of benzene rings is 2. The second kappa shape index (κ2) is 6.44. The van der Waals surface area contributed by atoms with Crippen molar-refractivity contribution in [3.05, 3.63) is 48.0 Å². The number of rotatable bonds is 5. The zero-order valence-corrected chi connectivity index (χ0v) is 13.1. The van der Waals surface area contributed by atoms with Crippen LogP contribution in [-0.2, 0) is 0 Å². The van der Waals surface area contributed by atoms with Crippen molar-refractivity contribution < 1.29 is 9.47 Å². The van der Waals surface area contributed by atoms with Crippen LogP contribution in [0.5, 0.6) is 11.5 Å². The summed E-state index contributed by atoms with van der Waals surface area (Å²) in [6, 6.07) is 13.6. The standard InChI is InChI=1S/C16H15N3O2S/c1-20-12-7-11(8-13(9-12)21-2)10-17-19-16-18-14-5-3-4-6-15(14)22-16/h3-10H,1-2H3,(H,18,19)/b17-10-. The highest BCUT2D eigenvalue weighted by atomic mass is 32.1. The third-order valence-corrected chi connectivity index (χ3v) is 3.98. The predicted octanol–water partition coefficient (Wildman–Crippen LogP) is 3.76. The van der Waals surface area contributed by atoms with Crippen LogP contribution in [0.4, 0.5) is 5.13 Å². The summed E-state index contributed by atoms with van der Waals surface area (Å²) in [5, 5.41) is 4.98. The molecule has 0 fully saturated rings. The van der Waals surface area contributed by atoms with Crippen LogP contribution in [0.15, 0.2) is 47.6 Å². The highest BCUT2D eigenvalue weighted by molar-refractivity contribution is 7.22. The maximum Gasteiger partial charge on any atom is 0.204 e. The maximum atomic E-state index is 5.23. The van der Waals surface area contributed by atoms with Crippen molar-refractivity contribution in [3.8, 4) is 11.5 Å². The summed E-state index contributed by atoms with van der Waals surface area (Å²) in [5.74, 6) is 1.45. The predicted molar refractivity (Wildman–Crippen MR) is 90.4 cm³/mol. The SMILES string of the molecule is COc1cc(/C=N\Nc2nc3ccccc3s2)cc(OC)c1. The van der Waals surface area contributed by atoms with Crippen LogP contribution in [0.25, 0.3) is 10.2 Å². The third-order valence-electron chi connectivity index (χ3n) is 3.04. The van der Waals surface area contributed by atoms with Crippen LogP contribution in [0, 0.1) is 0 Å². The van der Waals surface area contributed by atoms with Crippen LogP contribution < -0.4 is 14.9 Å². The molecule has 3 rings (SSSR count). The van der Waals surface area contributed by atoms with Gasteiger partial charge in [-0.1, -0.05) is 23.5 Å². The Morgan fingerprint density at radius 1 is 1.09 bits per heavy atom. The van der Waals surface area contributed by atoms with Gasteiger partial charge in [-0.3, -0.25) is 5.43 Å². The Morgan fingerprint density at radius 3 is 2.50 bits per heavy atom. The topological polar surface area (TPSA) is 55.7 Å². The fraction of sp³-hybridized carbons (Fsp3) is 0.125. The third kappa shape index (κ3) is 3.17. The van der Waals surface area contributed by atoms with Crippen molar-refractivity contribution in [2.75, 3.05) is 19.6 Å². The molecule has 2 aromatic carbocycles. The number of nitrogens with one attached hydrogen (secondary N) is 1. The number of nitrogens with zero attached hydrogens (tertiary/aromatic N) is 2. The number of aromatic nitrogens is 1. The Hall–Kier alpha value is -2.60. The Labute approximate surface area is 132 Å². The lowest BCUT2D eigenvalue weighted by molar-refractivity contribution is 0.394. The van der Waals surface area contributed by atoms with Crippen molar-refractivity contribution in [3.63, 3.8) is 0 Å². The zero-order valence-electron chi connectivity index (χ0n) is 12.2. The Kier molecular flexibility index (Phi) is 4.20. The number of ether oxygens (including phenoxy) is 2. The molecular weight excluding hydrogens is 298 g/mol. The molecule has 0 amide bonds.